The smallest absolute Gasteiger partial charge is 0.336 e. The fourth-order valence-corrected chi connectivity index (χ4v) is 2.95. The second-order valence-electron chi connectivity index (χ2n) is 5.77. The van der Waals surface area contributed by atoms with Crippen LogP contribution in [0.1, 0.15) is 73.3 Å². The summed E-state index contributed by atoms with van der Waals surface area (Å²) in [5.74, 6) is -8.42. The van der Waals surface area contributed by atoms with Crippen molar-refractivity contribution in [2.75, 3.05) is 0 Å². The fourth-order valence-electron chi connectivity index (χ4n) is 2.95. The Morgan fingerprint density at radius 1 is 0.464 bits per heavy atom. The van der Waals surface area contributed by atoms with Crippen molar-refractivity contribution < 1.29 is 49.2 Å². The molecular formula is C18H8O10. The second kappa shape index (κ2) is 6.13. The molecule has 1 aliphatic rings. The topological polar surface area (TPSA) is 183 Å². The first-order valence-corrected chi connectivity index (χ1v) is 7.43. The molecule has 10 heteroatoms. The molecule has 4 N–H and O–H groups in total. The lowest BCUT2D eigenvalue weighted by Crippen LogP contribution is -2.25. The molecule has 2 aromatic rings. The number of carbonyl (C=O) groups excluding carboxylic acids is 2. The Hall–Kier alpha value is -4.34. The molecule has 0 saturated carbocycles. The van der Waals surface area contributed by atoms with Crippen molar-refractivity contribution in [3.8, 4) is 0 Å². The maximum absolute atomic E-state index is 12.7. The second-order valence-corrected chi connectivity index (χ2v) is 5.77. The van der Waals surface area contributed by atoms with Crippen molar-refractivity contribution in [3.05, 3.63) is 68.8 Å². The van der Waals surface area contributed by atoms with Gasteiger partial charge in [-0.05, 0) is 24.3 Å². The number of aromatic carboxylic acids is 4. The van der Waals surface area contributed by atoms with Gasteiger partial charge in [-0.15, -0.1) is 0 Å². The molecule has 28 heavy (non-hydrogen) atoms. The number of carbonyl (C=O) groups is 6. The Bertz CT molecular complexity index is 978. The molecule has 0 radical (unpaired) electrons. The Morgan fingerprint density at radius 2 is 0.643 bits per heavy atom. The van der Waals surface area contributed by atoms with E-state index in [4.69, 9.17) is 0 Å². The van der Waals surface area contributed by atoms with E-state index in [9.17, 15) is 49.2 Å². The third-order valence-corrected chi connectivity index (χ3v) is 4.22. The molecule has 0 atom stereocenters. The molecule has 3 rings (SSSR count). The van der Waals surface area contributed by atoms with Gasteiger partial charge in [0, 0.05) is 22.3 Å². The van der Waals surface area contributed by atoms with Gasteiger partial charge in [0.2, 0.25) is 0 Å². The zero-order chi connectivity index (χ0) is 20.9. The van der Waals surface area contributed by atoms with Crippen molar-refractivity contribution in [3.63, 3.8) is 0 Å². The molecule has 1 aliphatic carbocycles. The van der Waals surface area contributed by atoms with E-state index in [2.05, 4.69) is 0 Å². The summed E-state index contributed by atoms with van der Waals surface area (Å²) < 4.78 is 0. The fraction of sp³-hybridized carbons (Fsp3) is 0. The molecule has 0 bridgehead atoms. The monoisotopic (exact) mass is 384 g/mol. The minimum atomic E-state index is -1.64. The van der Waals surface area contributed by atoms with Crippen molar-refractivity contribution >= 4 is 35.4 Å². The number of hydrogen-bond donors (Lipinski definition) is 4. The van der Waals surface area contributed by atoms with Crippen molar-refractivity contribution in [1.29, 1.82) is 0 Å². The molecule has 0 unspecified atom stereocenters. The average molecular weight is 384 g/mol. The molecule has 140 valence electrons. The van der Waals surface area contributed by atoms with Crippen LogP contribution in [0.4, 0.5) is 0 Å². The normalized spacial score (nSPS) is 12.1. The Morgan fingerprint density at radius 3 is 0.786 bits per heavy atom. The maximum atomic E-state index is 12.7. The standard InChI is InChI=1S/C18H8O10/c19-13-5-1-9(15(21)22)10(16(23)24)2-6(5)14(20)8-4-12(18(27)28)11(17(25)26)3-7(8)13/h1-4H,(H,21,22)(H,23,24)(H,25,26)(H,27,28). The summed E-state index contributed by atoms with van der Waals surface area (Å²) in [6.07, 6.45) is 0. The third-order valence-electron chi connectivity index (χ3n) is 4.22. The third kappa shape index (κ3) is 2.60. The predicted molar refractivity (Wildman–Crippen MR) is 87.6 cm³/mol. The van der Waals surface area contributed by atoms with E-state index in [1.807, 2.05) is 0 Å². The SMILES string of the molecule is O=C(O)c1cc2c(cc1C(=O)O)C(=O)c1cc(C(=O)O)c(C(=O)O)cc1C2=O. The van der Waals surface area contributed by atoms with Crippen LogP contribution in [-0.4, -0.2) is 55.9 Å². The highest BCUT2D eigenvalue weighted by atomic mass is 16.4. The molecule has 0 aromatic heterocycles. The van der Waals surface area contributed by atoms with Gasteiger partial charge in [0.05, 0.1) is 22.3 Å². The molecule has 0 heterocycles. The summed E-state index contributed by atoms with van der Waals surface area (Å²) in [6.45, 7) is 0. The minimum absolute atomic E-state index is 0.417. The van der Waals surface area contributed by atoms with Gasteiger partial charge < -0.3 is 20.4 Å². The number of benzene rings is 2. The predicted octanol–water partition coefficient (Wildman–Crippen LogP) is 1.25. The van der Waals surface area contributed by atoms with E-state index in [1.54, 1.807) is 0 Å². The quantitative estimate of drug-likeness (QED) is 0.510. The number of ketones is 2. The van der Waals surface area contributed by atoms with Gasteiger partial charge in [0.15, 0.2) is 11.6 Å². The Labute approximate surface area is 154 Å². The van der Waals surface area contributed by atoms with E-state index < -0.39 is 80.0 Å². The maximum Gasteiger partial charge on any atom is 0.336 e. The Balaban J connectivity index is 2.35. The largest absolute Gasteiger partial charge is 0.478 e. The van der Waals surface area contributed by atoms with Crippen LogP contribution in [0.2, 0.25) is 0 Å². The van der Waals surface area contributed by atoms with Crippen LogP contribution < -0.4 is 0 Å². The number of carboxylic acid groups (broad SMARTS) is 4. The molecule has 0 fully saturated rings. The minimum Gasteiger partial charge on any atom is -0.478 e. The van der Waals surface area contributed by atoms with E-state index >= 15 is 0 Å². The summed E-state index contributed by atoms with van der Waals surface area (Å²) in [7, 11) is 0. The van der Waals surface area contributed by atoms with Crippen LogP contribution in [0.5, 0.6) is 0 Å². The summed E-state index contributed by atoms with van der Waals surface area (Å²) in [5, 5.41) is 36.7. The van der Waals surface area contributed by atoms with Crippen molar-refractivity contribution in [2.45, 2.75) is 0 Å². The number of rotatable bonds is 4. The highest BCUT2D eigenvalue weighted by Crippen LogP contribution is 2.32. The molecule has 2 aromatic carbocycles. The van der Waals surface area contributed by atoms with Crippen molar-refractivity contribution in [1.82, 2.24) is 0 Å². The lowest BCUT2D eigenvalue weighted by molar-refractivity contribution is 0.0650. The van der Waals surface area contributed by atoms with Crippen LogP contribution in [0, 0.1) is 0 Å². The molecule has 0 saturated heterocycles. The van der Waals surface area contributed by atoms with Crippen LogP contribution in [0.25, 0.3) is 0 Å². The van der Waals surface area contributed by atoms with Crippen LogP contribution >= 0.6 is 0 Å². The van der Waals surface area contributed by atoms with Crippen LogP contribution in [0.3, 0.4) is 0 Å². The van der Waals surface area contributed by atoms with Gasteiger partial charge >= 0.3 is 23.9 Å². The molecule has 10 nitrogen and oxygen atoms in total. The summed E-state index contributed by atoms with van der Waals surface area (Å²) >= 11 is 0. The molecule has 0 spiro atoms. The van der Waals surface area contributed by atoms with Gasteiger partial charge in [0.25, 0.3) is 0 Å². The van der Waals surface area contributed by atoms with Crippen LogP contribution in [-0.2, 0) is 0 Å². The van der Waals surface area contributed by atoms with E-state index in [0.717, 1.165) is 24.3 Å². The lowest BCUT2D eigenvalue weighted by atomic mass is 9.80. The molecule has 0 aliphatic heterocycles. The Kier molecular flexibility index (Phi) is 4.04. The van der Waals surface area contributed by atoms with Gasteiger partial charge in [-0.25, -0.2) is 19.2 Å². The summed E-state index contributed by atoms with van der Waals surface area (Å²) in [4.78, 5) is 70.7. The first kappa shape index (κ1) is 18.5. The summed E-state index contributed by atoms with van der Waals surface area (Å²) in [6, 6.07) is 2.93. The molecule has 0 amide bonds. The van der Waals surface area contributed by atoms with Gasteiger partial charge in [0.1, 0.15) is 0 Å². The number of hydrogen-bond acceptors (Lipinski definition) is 6. The number of fused-ring (bicyclic) bond motifs is 2. The zero-order valence-corrected chi connectivity index (χ0v) is 13.5. The van der Waals surface area contributed by atoms with Crippen molar-refractivity contribution in [2.24, 2.45) is 0 Å². The molecular weight excluding hydrogens is 376 g/mol. The van der Waals surface area contributed by atoms with E-state index in [0.29, 0.717) is 0 Å². The lowest BCUT2D eigenvalue weighted by Gasteiger charge is -2.20. The van der Waals surface area contributed by atoms with Crippen LogP contribution in [0.15, 0.2) is 24.3 Å². The van der Waals surface area contributed by atoms with E-state index in [-0.39, 0.29) is 0 Å². The van der Waals surface area contributed by atoms with Gasteiger partial charge in [-0.3, -0.25) is 9.59 Å². The van der Waals surface area contributed by atoms with E-state index in [1.165, 1.54) is 0 Å². The highest BCUT2D eigenvalue weighted by molar-refractivity contribution is 6.30. The van der Waals surface area contributed by atoms with Gasteiger partial charge in [-0.1, -0.05) is 0 Å². The summed E-state index contributed by atoms with van der Waals surface area (Å²) in [5.41, 5.74) is -4.57. The van der Waals surface area contributed by atoms with Gasteiger partial charge in [-0.2, -0.15) is 0 Å². The zero-order valence-electron chi connectivity index (χ0n) is 13.5. The average Bonchev–Trinajstić information content (AvgIpc) is 2.63. The highest BCUT2D eigenvalue weighted by Gasteiger charge is 2.35. The number of carboxylic acids is 4. The first-order valence-electron chi connectivity index (χ1n) is 7.43. The first-order chi connectivity index (χ1) is 13.0.